The zero-order chi connectivity index (χ0) is 18.6. The van der Waals surface area contributed by atoms with Crippen molar-refractivity contribution in [3.8, 4) is 21.7 Å². The van der Waals surface area contributed by atoms with E-state index in [4.69, 9.17) is 11.5 Å². The minimum atomic E-state index is -0.510. The number of pyridine rings is 1. The Labute approximate surface area is 165 Å². The molecule has 4 aromatic heterocycles. The van der Waals surface area contributed by atoms with Crippen LogP contribution in [0.1, 0.15) is 21.7 Å². The Balaban J connectivity index is 0.00000210. The van der Waals surface area contributed by atoms with Crippen LogP contribution in [0.2, 0.25) is 0 Å². The molecule has 0 radical (unpaired) electrons. The smallest absolute Gasteiger partial charge is 0.253 e. The van der Waals surface area contributed by atoms with Crippen LogP contribution >= 0.6 is 23.7 Å². The highest BCUT2D eigenvalue weighted by Crippen LogP contribution is 2.42. The number of hydrogen-bond donors (Lipinski definition) is 2. The highest BCUT2D eigenvalue weighted by molar-refractivity contribution is 7.21. The van der Waals surface area contributed by atoms with Crippen LogP contribution in [0, 0.1) is 13.8 Å². The molecule has 140 valence electrons. The lowest BCUT2D eigenvalue weighted by atomic mass is 10.1. The largest absolute Gasteiger partial charge is 0.397 e. The van der Waals surface area contributed by atoms with Crippen LogP contribution < -0.4 is 11.5 Å². The quantitative estimate of drug-likeness (QED) is 0.545. The predicted octanol–water partition coefficient (Wildman–Crippen LogP) is 2.58. The van der Waals surface area contributed by atoms with Crippen molar-refractivity contribution in [2.45, 2.75) is 13.8 Å². The molecule has 0 spiro atoms. The van der Waals surface area contributed by atoms with Gasteiger partial charge in [0.2, 0.25) is 0 Å². The molecule has 0 unspecified atom stereocenters. The maximum absolute atomic E-state index is 11.8. The number of carbonyl (C=O) groups excluding carboxylic acids is 1. The summed E-state index contributed by atoms with van der Waals surface area (Å²) in [5.41, 5.74) is 16.8. The lowest BCUT2D eigenvalue weighted by molar-refractivity contribution is 0.100. The van der Waals surface area contributed by atoms with E-state index in [0.29, 0.717) is 16.1 Å². The molecule has 0 atom stereocenters. The van der Waals surface area contributed by atoms with Gasteiger partial charge in [0.1, 0.15) is 4.83 Å². The van der Waals surface area contributed by atoms with Crippen molar-refractivity contribution < 1.29 is 4.79 Å². The minimum absolute atomic E-state index is 0. The van der Waals surface area contributed by atoms with Crippen LogP contribution in [0.4, 0.5) is 5.69 Å². The molecule has 4 rings (SSSR count). The first kappa shape index (κ1) is 18.9. The Morgan fingerprint density at radius 2 is 1.93 bits per heavy atom. The highest BCUT2D eigenvalue weighted by atomic mass is 35.5. The molecule has 0 fully saturated rings. The number of thiazole rings is 1. The molecule has 10 heteroatoms. The van der Waals surface area contributed by atoms with Crippen molar-refractivity contribution in [2.75, 3.05) is 5.73 Å². The maximum Gasteiger partial charge on any atom is 0.253 e. The molecule has 8 nitrogen and oxygen atoms in total. The number of aryl methyl sites for hydroxylation is 3. The molecule has 4 aromatic rings. The van der Waals surface area contributed by atoms with Gasteiger partial charge in [0.05, 0.1) is 39.9 Å². The number of primary amides is 1. The van der Waals surface area contributed by atoms with Crippen molar-refractivity contribution >= 4 is 40.2 Å². The lowest BCUT2D eigenvalue weighted by Gasteiger charge is -2.08. The number of nitrogens with two attached hydrogens (primary N) is 2. The molecule has 27 heavy (non-hydrogen) atoms. The monoisotopic (exact) mass is 403 g/mol. The summed E-state index contributed by atoms with van der Waals surface area (Å²) < 4.78 is 3.49. The molecular weight excluding hydrogens is 386 g/mol. The van der Waals surface area contributed by atoms with E-state index in [1.807, 2.05) is 33.2 Å². The van der Waals surface area contributed by atoms with Crippen LogP contribution in [-0.4, -0.2) is 30.3 Å². The third kappa shape index (κ3) is 2.94. The molecule has 0 bridgehead atoms. The number of amides is 1. The topological polar surface area (TPSA) is 117 Å². The predicted molar refractivity (Wildman–Crippen MR) is 108 cm³/mol. The molecule has 4 N–H and O–H groups in total. The van der Waals surface area contributed by atoms with Crippen LogP contribution in [0.15, 0.2) is 24.7 Å². The standard InChI is InChI=1S/C17H17N7OS.ClH/c1-8-11(4-10(18)5-20-8)14-15(13-7-23(3)22-9(13)2)26-17-12(16(19)25)6-21-24(14)17;/h4-7H,18H2,1-3H3,(H2,19,25);1H. The van der Waals surface area contributed by atoms with Gasteiger partial charge in [-0.15, -0.1) is 23.7 Å². The molecule has 0 saturated carbocycles. The van der Waals surface area contributed by atoms with E-state index in [2.05, 4.69) is 15.2 Å². The Hall–Kier alpha value is -2.91. The van der Waals surface area contributed by atoms with Gasteiger partial charge in [-0.2, -0.15) is 10.2 Å². The molecule has 0 aliphatic rings. The van der Waals surface area contributed by atoms with Gasteiger partial charge in [-0.1, -0.05) is 0 Å². The minimum Gasteiger partial charge on any atom is -0.397 e. The van der Waals surface area contributed by atoms with Crippen LogP contribution in [-0.2, 0) is 7.05 Å². The van der Waals surface area contributed by atoms with Crippen LogP contribution in [0.3, 0.4) is 0 Å². The van der Waals surface area contributed by atoms with Crippen molar-refractivity contribution in [1.82, 2.24) is 24.4 Å². The van der Waals surface area contributed by atoms with Crippen molar-refractivity contribution in [3.05, 3.63) is 41.6 Å². The van der Waals surface area contributed by atoms with Gasteiger partial charge in [-0.3, -0.25) is 14.5 Å². The summed E-state index contributed by atoms with van der Waals surface area (Å²) in [7, 11) is 1.87. The van der Waals surface area contributed by atoms with E-state index >= 15 is 0 Å². The average Bonchev–Trinajstić information content (AvgIpc) is 3.22. The molecule has 0 aliphatic carbocycles. The van der Waals surface area contributed by atoms with Gasteiger partial charge in [0, 0.05) is 30.1 Å². The van der Waals surface area contributed by atoms with E-state index < -0.39 is 5.91 Å². The van der Waals surface area contributed by atoms with Gasteiger partial charge in [-0.05, 0) is 19.9 Å². The summed E-state index contributed by atoms with van der Waals surface area (Å²) in [4.78, 5) is 17.8. The molecule has 1 amide bonds. The number of nitrogens with zero attached hydrogens (tertiary/aromatic N) is 5. The maximum atomic E-state index is 11.8. The van der Waals surface area contributed by atoms with Crippen LogP contribution in [0.5, 0.6) is 0 Å². The summed E-state index contributed by atoms with van der Waals surface area (Å²) in [5, 5.41) is 8.84. The van der Waals surface area contributed by atoms with Gasteiger partial charge < -0.3 is 11.5 Å². The molecule has 0 aliphatic heterocycles. The normalized spacial score (nSPS) is 10.9. The fraction of sp³-hybridized carbons (Fsp3) is 0.176. The number of nitrogen functional groups attached to an aromatic ring is 1. The number of halogens is 1. The Bertz CT molecular complexity index is 1170. The van der Waals surface area contributed by atoms with Gasteiger partial charge in [-0.25, -0.2) is 4.52 Å². The first-order valence-electron chi connectivity index (χ1n) is 7.90. The fourth-order valence-electron chi connectivity index (χ4n) is 3.04. The average molecular weight is 404 g/mol. The third-order valence-electron chi connectivity index (χ3n) is 4.24. The van der Waals surface area contributed by atoms with Crippen molar-refractivity contribution in [2.24, 2.45) is 12.8 Å². The lowest BCUT2D eigenvalue weighted by Crippen LogP contribution is -2.09. The van der Waals surface area contributed by atoms with Crippen LogP contribution in [0.25, 0.3) is 26.5 Å². The number of hydrogen-bond acceptors (Lipinski definition) is 6. The first-order valence-corrected chi connectivity index (χ1v) is 8.72. The summed E-state index contributed by atoms with van der Waals surface area (Å²) >= 11 is 1.45. The summed E-state index contributed by atoms with van der Waals surface area (Å²) in [5.74, 6) is -0.510. The van der Waals surface area contributed by atoms with E-state index in [1.54, 1.807) is 15.4 Å². The van der Waals surface area contributed by atoms with E-state index in [0.717, 1.165) is 33.1 Å². The number of aromatic nitrogens is 5. The van der Waals surface area contributed by atoms with Crippen molar-refractivity contribution in [3.63, 3.8) is 0 Å². The molecule has 0 saturated heterocycles. The molecular formula is C17H18ClN7OS. The highest BCUT2D eigenvalue weighted by Gasteiger charge is 2.24. The Morgan fingerprint density at radius 3 is 2.56 bits per heavy atom. The van der Waals surface area contributed by atoms with E-state index in [9.17, 15) is 4.79 Å². The van der Waals surface area contributed by atoms with Crippen molar-refractivity contribution in [1.29, 1.82) is 0 Å². The Kier molecular flexibility index (Phi) is 4.66. The molecule has 0 aromatic carbocycles. The third-order valence-corrected chi connectivity index (χ3v) is 5.44. The second kappa shape index (κ2) is 6.67. The number of anilines is 1. The van der Waals surface area contributed by atoms with Gasteiger partial charge in [0.15, 0.2) is 0 Å². The number of fused-ring (bicyclic) bond motifs is 1. The second-order valence-electron chi connectivity index (χ2n) is 6.12. The first-order chi connectivity index (χ1) is 12.4. The zero-order valence-corrected chi connectivity index (χ0v) is 16.6. The fourth-order valence-corrected chi connectivity index (χ4v) is 4.32. The number of rotatable bonds is 3. The van der Waals surface area contributed by atoms with E-state index in [-0.39, 0.29) is 12.4 Å². The second-order valence-corrected chi connectivity index (χ2v) is 7.12. The zero-order valence-electron chi connectivity index (χ0n) is 14.9. The summed E-state index contributed by atoms with van der Waals surface area (Å²) in [6.07, 6.45) is 5.06. The van der Waals surface area contributed by atoms with E-state index in [1.165, 1.54) is 17.5 Å². The Morgan fingerprint density at radius 1 is 1.19 bits per heavy atom. The van der Waals surface area contributed by atoms with Gasteiger partial charge in [0.25, 0.3) is 5.91 Å². The number of carbonyl (C=O) groups is 1. The SMILES string of the molecule is Cc1nn(C)cc1-c1sc2c(C(N)=O)cnn2c1-c1cc(N)cnc1C.Cl. The van der Waals surface area contributed by atoms with Gasteiger partial charge >= 0.3 is 0 Å². The summed E-state index contributed by atoms with van der Waals surface area (Å²) in [6.45, 7) is 3.86. The molecule has 4 heterocycles. The summed E-state index contributed by atoms with van der Waals surface area (Å²) in [6, 6.07) is 1.87.